The Morgan fingerprint density at radius 3 is 1.12 bits per heavy atom. The topological polar surface area (TPSA) is 112 Å². The Balaban J connectivity index is 1.01. The molecule has 8 nitrogen and oxygen atoms in total. The van der Waals surface area contributed by atoms with Gasteiger partial charge in [0.1, 0.15) is 12.1 Å². The number of aromatic nitrogens is 3. The lowest BCUT2D eigenvalue weighted by Gasteiger charge is -2.24. The second kappa shape index (κ2) is 19.4. The van der Waals surface area contributed by atoms with E-state index in [4.69, 9.17) is 5.73 Å². The van der Waals surface area contributed by atoms with E-state index in [-0.39, 0.29) is 11.1 Å². The fourth-order valence-corrected chi connectivity index (χ4v) is 12.5. The highest BCUT2D eigenvalue weighted by atomic mass is 15.1. The van der Waals surface area contributed by atoms with Crippen LogP contribution in [0.25, 0.3) is 116 Å². The highest BCUT2D eigenvalue weighted by molar-refractivity contribution is 6.16. The molecule has 0 unspecified atom stereocenters. The van der Waals surface area contributed by atoms with Gasteiger partial charge in [-0.15, -0.1) is 0 Å². The Morgan fingerprint density at radius 2 is 0.646 bits per heavy atom. The summed E-state index contributed by atoms with van der Waals surface area (Å²) in [7, 11) is 0. The van der Waals surface area contributed by atoms with Crippen LogP contribution >= 0.6 is 0 Å². The summed E-state index contributed by atoms with van der Waals surface area (Å²) < 4.78 is 6.46. The van der Waals surface area contributed by atoms with Gasteiger partial charge in [0.05, 0.1) is 67.0 Å². The molecule has 15 rings (SSSR count). The molecule has 3 heterocycles. The molecule has 15 aromatic rings. The molecule has 8 heteroatoms. The van der Waals surface area contributed by atoms with Gasteiger partial charge in [0.25, 0.3) is 0 Å². The number of hydrogen-bond donors (Lipinski definition) is 3. The summed E-state index contributed by atoms with van der Waals surface area (Å²) in [5, 5.41) is 37.3. The number of rotatable bonds is 10. The van der Waals surface area contributed by atoms with Crippen molar-refractivity contribution in [3.63, 3.8) is 0 Å². The summed E-state index contributed by atoms with van der Waals surface area (Å²) in [5.74, 6) is 0. The standard InChI is InChI=1S/C74H48N8/c75-45-61-62(46-76)73(81-66-34-18-14-30-57(66)60-44-52(38-41-70(60)81)79-64-32-16-11-27-54(64)49-24-8-3-9-25-49)74(82-67-35-19-12-28-55(67)58-42-50(36-39-68(58)82)47-20-4-1-5-21-47)71(77)72(61)80-65-33-17-13-29-56(65)59-43-51(37-40-69(59)80)78-63-31-15-10-26-53(63)48-22-6-2-7-23-48/h1-44,78-79H,77H2. The first-order valence-electron chi connectivity index (χ1n) is 27.3. The lowest BCUT2D eigenvalue weighted by Crippen LogP contribution is -2.15. The Kier molecular flexibility index (Phi) is 11.3. The van der Waals surface area contributed by atoms with Crippen LogP contribution in [0.3, 0.4) is 0 Å². The second-order valence-electron chi connectivity index (χ2n) is 20.6. The van der Waals surface area contributed by atoms with Gasteiger partial charge in [-0.05, 0) is 101 Å². The minimum atomic E-state index is 0.161. The average Bonchev–Trinajstić information content (AvgIpc) is 2.64. The van der Waals surface area contributed by atoms with Crippen molar-refractivity contribution in [1.82, 2.24) is 13.7 Å². The SMILES string of the molecule is N#Cc1c(C#N)c(-n2c3ccccc3c3cc(Nc4ccccc4-c4ccccc4)ccc32)c(-n2c3ccccc3c3cc(-c4ccccc4)ccc32)c(N)c1-n1c2ccccc2c2cc(Nc3ccccc3-c3ccccc3)ccc21. The Labute approximate surface area is 472 Å². The molecule has 3 aromatic heterocycles. The Morgan fingerprint density at radius 1 is 0.293 bits per heavy atom. The zero-order valence-corrected chi connectivity index (χ0v) is 44.2. The van der Waals surface area contributed by atoms with Crippen LogP contribution in [0.2, 0.25) is 0 Å². The Bertz CT molecular complexity index is 5130. The van der Waals surface area contributed by atoms with Gasteiger partial charge in [-0.25, -0.2) is 0 Å². The fraction of sp³-hybridized carbons (Fsp3) is 0. The van der Waals surface area contributed by atoms with Gasteiger partial charge in [0.15, 0.2) is 0 Å². The number of hydrogen-bond acceptors (Lipinski definition) is 5. The molecule has 0 amide bonds. The first kappa shape index (κ1) is 47.6. The smallest absolute Gasteiger partial charge is 0.103 e. The average molecular weight is 1050 g/mol. The maximum atomic E-state index is 12.0. The third-order valence-corrected chi connectivity index (χ3v) is 16.1. The zero-order chi connectivity index (χ0) is 54.8. The van der Waals surface area contributed by atoms with Crippen molar-refractivity contribution in [1.29, 1.82) is 10.5 Å². The van der Waals surface area contributed by atoms with E-state index >= 15 is 0 Å². The zero-order valence-electron chi connectivity index (χ0n) is 44.2. The van der Waals surface area contributed by atoms with Crippen molar-refractivity contribution in [2.45, 2.75) is 0 Å². The predicted molar refractivity (Wildman–Crippen MR) is 339 cm³/mol. The molecule has 0 radical (unpaired) electrons. The maximum absolute atomic E-state index is 12.0. The second-order valence-corrected chi connectivity index (χ2v) is 20.6. The van der Waals surface area contributed by atoms with E-state index < -0.39 is 0 Å². The molecule has 0 saturated heterocycles. The highest BCUT2D eigenvalue weighted by Crippen LogP contribution is 2.48. The van der Waals surface area contributed by atoms with Gasteiger partial charge in [-0.1, -0.05) is 188 Å². The molecule has 0 fully saturated rings. The number of nitriles is 2. The molecular formula is C74H48N8. The molecule has 4 N–H and O–H groups in total. The largest absolute Gasteiger partial charge is 0.395 e. The Hall–Kier alpha value is -11.6. The van der Waals surface area contributed by atoms with Crippen LogP contribution in [0.4, 0.5) is 28.4 Å². The van der Waals surface area contributed by atoms with Crippen molar-refractivity contribution in [3.8, 4) is 62.6 Å². The normalized spacial score (nSPS) is 11.4. The summed E-state index contributed by atoms with van der Waals surface area (Å²) >= 11 is 0. The number of nitrogens with one attached hydrogen (secondary N) is 2. The van der Waals surface area contributed by atoms with Crippen molar-refractivity contribution < 1.29 is 0 Å². The van der Waals surface area contributed by atoms with E-state index in [1.807, 2.05) is 60.7 Å². The summed E-state index contributed by atoms with van der Waals surface area (Å²) in [4.78, 5) is 0. The number of nitrogen functional groups attached to an aromatic ring is 1. The highest BCUT2D eigenvalue weighted by Gasteiger charge is 2.32. The lowest BCUT2D eigenvalue weighted by atomic mass is 9.99. The van der Waals surface area contributed by atoms with E-state index in [0.29, 0.717) is 22.7 Å². The van der Waals surface area contributed by atoms with Gasteiger partial charge in [-0.2, -0.15) is 10.5 Å². The minimum Gasteiger partial charge on any atom is -0.395 e. The fourth-order valence-electron chi connectivity index (χ4n) is 12.5. The number of nitrogens with two attached hydrogens (primary N) is 1. The summed E-state index contributed by atoms with van der Waals surface area (Å²) in [6, 6.07) is 97.2. The van der Waals surface area contributed by atoms with Gasteiger partial charge in [0.2, 0.25) is 0 Å². The predicted octanol–water partition coefficient (Wildman–Crippen LogP) is 18.8. The van der Waals surface area contributed by atoms with Crippen LogP contribution < -0.4 is 16.4 Å². The van der Waals surface area contributed by atoms with E-state index in [0.717, 1.165) is 122 Å². The maximum Gasteiger partial charge on any atom is 0.103 e. The number of fused-ring (bicyclic) bond motifs is 9. The van der Waals surface area contributed by atoms with Gasteiger partial charge in [0, 0.05) is 66.2 Å². The van der Waals surface area contributed by atoms with Crippen molar-refractivity contribution >= 4 is 93.9 Å². The third-order valence-electron chi connectivity index (χ3n) is 16.1. The molecule has 0 spiro atoms. The van der Waals surface area contributed by atoms with Gasteiger partial charge >= 0.3 is 0 Å². The lowest BCUT2D eigenvalue weighted by molar-refractivity contribution is 1.07. The van der Waals surface area contributed by atoms with Crippen molar-refractivity contribution in [3.05, 3.63) is 278 Å². The van der Waals surface area contributed by atoms with E-state index in [9.17, 15) is 10.5 Å². The number of nitrogens with zero attached hydrogens (tertiary/aromatic N) is 5. The molecular weight excluding hydrogens is 1000 g/mol. The van der Waals surface area contributed by atoms with Gasteiger partial charge in [-0.3, -0.25) is 0 Å². The molecule has 0 bridgehead atoms. The number of anilines is 5. The summed E-state index contributed by atoms with van der Waals surface area (Å²) in [6.45, 7) is 0. The number of benzene rings is 12. The molecule has 12 aromatic carbocycles. The third kappa shape index (κ3) is 7.59. The van der Waals surface area contributed by atoms with Crippen molar-refractivity contribution in [2.75, 3.05) is 16.4 Å². The van der Waals surface area contributed by atoms with Crippen LogP contribution in [0.5, 0.6) is 0 Å². The molecule has 82 heavy (non-hydrogen) atoms. The van der Waals surface area contributed by atoms with E-state index in [1.165, 1.54) is 0 Å². The van der Waals surface area contributed by atoms with E-state index in [2.05, 4.69) is 243 Å². The van der Waals surface area contributed by atoms with E-state index in [1.54, 1.807) is 0 Å². The molecule has 0 aliphatic rings. The molecule has 384 valence electrons. The minimum absolute atomic E-state index is 0.161. The molecule has 0 saturated carbocycles. The van der Waals surface area contributed by atoms with Gasteiger partial charge < -0.3 is 30.1 Å². The summed E-state index contributed by atoms with van der Waals surface area (Å²) in [6.07, 6.45) is 0. The monoisotopic (exact) mass is 1050 g/mol. The molecule has 0 atom stereocenters. The first-order chi connectivity index (χ1) is 40.5. The molecule has 0 aliphatic heterocycles. The van der Waals surface area contributed by atoms with Crippen LogP contribution in [0, 0.1) is 22.7 Å². The molecule has 0 aliphatic carbocycles. The van der Waals surface area contributed by atoms with Crippen LogP contribution in [0.15, 0.2) is 267 Å². The summed E-state index contributed by atoms with van der Waals surface area (Å²) in [5.41, 5.74) is 25.7. The van der Waals surface area contributed by atoms with Crippen LogP contribution in [0.1, 0.15) is 11.1 Å². The quantitative estimate of drug-likeness (QED) is 0.118. The van der Waals surface area contributed by atoms with Crippen LogP contribution in [-0.4, -0.2) is 13.7 Å². The van der Waals surface area contributed by atoms with Crippen LogP contribution in [-0.2, 0) is 0 Å². The first-order valence-corrected chi connectivity index (χ1v) is 27.3. The number of para-hydroxylation sites is 5. The van der Waals surface area contributed by atoms with Crippen molar-refractivity contribution in [2.24, 2.45) is 0 Å².